The van der Waals surface area contributed by atoms with Crippen LogP contribution in [0.25, 0.3) is 0 Å². The van der Waals surface area contributed by atoms with Crippen LogP contribution in [0.3, 0.4) is 0 Å². The molecule has 0 aliphatic heterocycles. The van der Waals surface area contributed by atoms with E-state index < -0.39 is 11.8 Å². The molecular weight excluding hydrogens is 409 g/mol. The zero-order chi connectivity index (χ0) is 21.5. The molecule has 0 saturated carbocycles. The number of hydrogen-bond acceptors (Lipinski definition) is 6. The molecule has 0 bridgehead atoms. The maximum atomic E-state index is 13.8. The van der Waals surface area contributed by atoms with Crippen molar-refractivity contribution >= 4 is 17.7 Å². The summed E-state index contributed by atoms with van der Waals surface area (Å²) in [5.41, 5.74) is 1.20. The van der Waals surface area contributed by atoms with E-state index in [2.05, 4.69) is 10.2 Å². The first-order valence-corrected chi connectivity index (χ1v) is 10.2. The van der Waals surface area contributed by atoms with Crippen LogP contribution in [0.15, 0.2) is 53.7 Å². The third-order valence-electron chi connectivity index (χ3n) is 4.35. The fourth-order valence-electron chi connectivity index (χ4n) is 2.86. The zero-order valence-electron chi connectivity index (χ0n) is 16.6. The van der Waals surface area contributed by atoms with Crippen molar-refractivity contribution in [3.8, 4) is 5.75 Å². The van der Waals surface area contributed by atoms with E-state index in [1.165, 1.54) is 17.8 Å². The Morgan fingerprint density at radius 1 is 1.20 bits per heavy atom. The molecule has 3 rings (SSSR count). The minimum absolute atomic E-state index is 0.0545. The molecule has 0 spiro atoms. The molecule has 7 nitrogen and oxygen atoms in total. The first kappa shape index (κ1) is 21.8. The lowest BCUT2D eigenvalue weighted by atomic mass is 10.1. The van der Waals surface area contributed by atoms with Crippen LogP contribution >= 0.6 is 11.8 Å². The Hall–Kier alpha value is -2.91. The molecule has 9 heteroatoms. The Kier molecular flexibility index (Phi) is 7.42. The number of nitrogens with zero attached hydrogens (tertiary/aromatic N) is 3. The van der Waals surface area contributed by atoms with Gasteiger partial charge in [-0.1, -0.05) is 36.0 Å². The van der Waals surface area contributed by atoms with Crippen molar-refractivity contribution in [2.45, 2.75) is 30.5 Å². The summed E-state index contributed by atoms with van der Waals surface area (Å²) in [5, 5.41) is 18.2. The zero-order valence-corrected chi connectivity index (χ0v) is 17.4. The fraction of sp³-hybridized carbons (Fsp3) is 0.286. The highest BCUT2D eigenvalue weighted by atomic mass is 32.2. The van der Waals surface area contributed by atoms with Crippen molar-refractivity contribution in [2.75, 3.05) is 13.7 Å². The number of halogens is 1. The first-order chi connectivity index (χ1) is 14.5. The van der Waals surface area contributed by atoms with Crippen LogP contribution in [0.5, 0.6) is 5.75 Å². The van der Waals surface area contributed by atoms with Gasteiger partial charge in [0.15, 0.2) is 22.5 Å². The molecule has 2 aromatic carbocycles. The molecular formula is C21H22FN3O4S. The van der Waals surface area contributed by atoms with E-state index in [-0.39, 0.29) is 24.0 Å². The largest absolute Gasteiger partial charge is 0.483 e. The Balaban J connectivity index is 1.75. The number of rotatable bonds is 10. The highest BCUT2D eigenvalue weighted by Gasteiger charge is 2.19. The Morgan fingerprint density at radius 2 is 1.93 bits per heavy atom. The van der Waals surface area contributed by atoms with Gasteiger partial charge in [-0.05, 0) is 36.8 Å². The monoisotopic (exact) mass is 431 g/mol. The van der Waals surface area contributed by atoms with Crippen LogP contribution in [-0.4, -0.2) is 39.6 Å². The predicted molar refractivity (Wildman–Crippen MR) is 110 cm³/mol. The number of benzene rings is 2. The topological polar surface area (TPSA) is 86.5 Å². The van der Waals surface area contributed by atoms with Gasteiger partial charge < -0.3 is 14.6 Å². The third-order valence-corrected chi connectivity index (χ3v) is 5.36. The summed E-state index contributed by atoms with van der Waals surface area (Å²) in [7, 11) is 1.62. The second kappa shape index (κ2) is 10.2. The van der Waals surface area contributed by atoms with Gasteiger partial charge in [0, 0.05) is 12.9 Å². The van der Waals surface area contributed by atoms with Gasteiger partial charge in [-0.25, -0.2) is 9.18 Å². The minimum Gasteiger partial charge on any atom is -0.483 e. The van der Waals surface area contributed by atoms with Gasteiger partial charge in [0.25, 0.3) is 0 Å². The normalized spacial score (nSPS) is 12.0. The van der Waals surface area contributed by atoms with Crippen molar-refractivity contribution < 1.29 is 23.8 Å². The Bertz CT molecular complexity index is 994. The lowest BCUT2D eigenvalue weighted by Crippen LogP contribution is -2.16. The van der Waals surface area contributed by atoms with Crippen LogP contribution in [0.1, 0.15) is 34.7 Å². The van der Waals surface area contributed by atoms with E-state index in [4.69, 9.17) is 14.6 Å². The molecule has 0 amide bonds. The second-order valence-corrected chi connectivity index (χ2v) is 7.53. The number of carboxylic acid groups (broad SMARTS) is 1. The summed E-state index contributed by atoms with van der Waals surface area (Å²) in [6.45, 7) is 2.49. The standard InChI is InChI=1S/C21H22FN3O4S/c1-14(11-28-2)25-19(12-29-18-6-4-3-5-17(18)22)23-24-21(25)30-13-15-7-9-16(10-8-15)20(26)27/h3-10,14H,11-13H2,1-2H3,(H,26,27)/t14-/m1/s1. The average Bonchev–Trinajstić information content (AvgIpc) is 3.15. The molecule has 0 unspecified atom stereocenters. The summed E-state index contributed by atoms with van der Waals surface area (Å²) < 4.78 is 26.6. The Labute approximate surface area is 177 Å². The van der Waals surface area contributed by atoms with E-state index in [9.17, 15) is 9.18 Å². The fourth-order valence-corrected chi connectivity index (χ4v) is 3.87. The van der Waals surface area contributed by atoms with Gasteiger partial charge in [0.1, 0.15) is 6.61 Å². The van der Waals surface area contributed by atoms with E-state index >= 15 is 0 Å². The van der Waals surface area contributed by atoms with Gasteiger partial charge in [-0.15, -0.1) is 10.2 Å². The van der Waals surface area contributed by atoms with Crippen LogP contribution in [0.4, 0.5) is 4.39 Å². The number of aromatic nitrogens is 3. The number of aromatic carboxylic acids is 1. The molecule has 0 fully saturated rings. The maximum absolute atomic E-state index is 13.8. The maximum Gasteiger partial charge on any atom is 0.335 e. The highest BCUT2D eigenvalue weighted by Crippen LogP contribution is 2.26. The van der Waals surface area contributed by atoms with Crippen LogP contribution in [-0.2, 0) is 17.1 Å². The van der Waals surface area contributed by atoms with Crippen molar-refractivity contribution in [1.82, 2.24) is 14.8 Å². The molecule has 0 saturated heterocycles. The number of hydrogen-bond donors (Lipinski definition) is 1. The second-order valence-electron chi connectivity index (χ2n) is 6.58. The minimum atomic E-state index is -0.957. The van der Waals surface area contributed by atoms with E-state index in [1.807, 2.05) is 11.5 Å². The number of para-hydroxylation sites is 1. The summed E-state index contributed by atoms with van der Waals surface area (Å²) in [5.74, 6) is -0.0910. The Morgan fingerprint density at radius 3 is 2.60 bits per heavy atom. The van der Waals surface area contributed by atoms with Gasteiger partial charge in [-0.2, -0.15) is 0 Å². The highest BCUT2D eigenvalue weighted by molar-refractivity contribution is 7.98. The molecule has 1 aromatic heterocycles. The van der Waals surface area contributed by atoms with Crippen LogP contribution < -0.4 is 4.74 Å². The van der Waals surface area contributed by atoms with Gasteiger partial charge in [0.2, 0.25) is 0 Å². The van der Waals surface area contributed by atoms with E-state index in [0.29, 0.717) is 23.3 Å². The quantitative estimate of drug-likeness (QED) is 0.482. The van der Waals surface area contributed by atoms with Gasteiger partial charge in [0.05, 0.1) is 18.2 Å². The summed E-state index contributed by atoms with van der Waals surface area (Å²) in [6.07, 6.45) is 0. The molecule has 0 radical (unpaired) electrons. The molecule has 0 aliphatic carbocycles. The molecule has 1 heterocycles. The molecule has 1 N–H and O–H groups in total. The van der Waals surface area contributed by atoms with Gasteiger partial charge in [-0.3, -0.25) is 4.57 Å². The molecule has 30 heavy (non-hydrogen) atoms. The van der Waals surface area contributed by atoms with Crippen molar-refractivity contribution in [1.29, 1.82) is 0 Å². The summed E-state index contributed by atoms with van der Waals surface area (Å²) in [4.78, 5) is 11.0. The molecule has 0 aliphatic rings. The van der Waals surface area contributed by atoms with E-state index in [1.54, 1.807) is 49.6 Å². The number of ether oxygens (including phenoxy) is 2. The van der Waals surface area contributed by atoms with Crippen molar-refractivity contribution in [3.05, 3.63) is 71.3 Å². The lowest BCUT2D eigenvalue weighted by Gasteiger charge is -2.17. The lowest BCUT2D eigenvalue weighted by molar-refractivity contribution is 0.0697. The number of methoxy groups -OCH3 is 1. The third kappa shape index (κ3) is 5.37. The van der Waals surface area contributed by atoms with Crippen molar-refractivity contribution in [2.24, 2.45) is 0 Å². The van der Waals surface area contributed by atoms with Crippen molar-refractivity contribution in [3.63, 3.8) is 0 Å². The predicted octanol–water partition coefficient (Wildman–Crippen LogP) is 4.19. The number of thioether (sulfide) groups is 1. The average molecular weight is 431 g/mol. The molecule has 158 valence electrons. The number of carbonyl (C=O) groups is 1. The van der Waals surface area contributed by atoms with Gasteiger partial charge >= 0.3 is 5.97 Å². The SMILES string of the molecule is COC[C@@H](C)n1c(COc2ccccc2F)nnc1SCc1ccc(C(=O)O)cc1. The van der Waals surface area contributed by atoms with Crippen LogP contribution in [0.2, 0.25) is 0 Å². The number of carboxylic acids is 1. The summed E-state index contributed by atoms with van der Waals surface area (Å²) >= 11 is 1.47. The summed E-state index contributed by atoms with van der Waals surface area (Å²) in [6, 6.07) is 12.8. The van der Waals surface area contributed by atoms with Crippen LogP contribution in [0, 0.1) is 5.82 Å². The first-order valence-electron chi connectivity index (χ1n) is 9.24. The molecule has 1 atom stereocenters. The smallest absolute Gasteiger partial charge is 0.335 e. The van der Waals surface area contributed by atoms with E-state index in [0.717, 1.165) is 5.56 Å². The molecule has 3 aromatic rings.